The first-order chi connectivity index (χ1) is 18.3. The first kappa shape index (κ1) is 28.5. The van der Waals surface area contributed by atoms with E-state index in [9.17, 15) is 19.7 Å². The van der Waals surface area contributed by atoms with Crippen molar-refractivity contribution in [1.82, 2.24) is 0 Å². The summed E-state index contributed by atoms with van der Waals surface area (Å²) in [6, 6.07) is 13.4. The Hall–Kier alpha value is -4.05. The summed E-state index contributed by atoms with van der Waals surface area (Å²) in [6.07, 6.45) is 2.53. The molecule has 0 saturated heterocycles. The van der Waals surface area contributed by atoms with Gasteiger partial charge in [-0.25, -0.2) is 4.79 Å². The van der Waals surface area contributed by atoms with Gasteiger partial charge >= 0.3 is 11.9 Å². The third-order valence-corrected chi connectivity index (χ3v) is 6.33. The number of hydrogen-bond donors (Lipinski definition) is 1. The number of allylic oxidation sites excluding steroid dienone is 1. The van der Waals surface area contributed by atoms with Gasteiger partial charge in [0.15, 0.2) is 0 Å². The number of carbonyl (C=O) groups excluding carboxylic acids is 2. The van der Waals surface area contributed by atoms with E-state index < -0.39 is 28.7 Å². The molecule has 10 nitrogen and oxygen atoms in total. The van der Waals surface area contributed by atoms with Gasteiger partial charge in [-0.3, -0.25) is 19.9 Å². The largest absolute Gasteiger partial charge is 0.490 e. The predicted octanol–water partition coefficient (Wildman–Crippen LogP) is 4.15. The maximum Gasteiger partial charge on any atom is 0.336 e. The second kappa shape index (κ2) is 13.5. The van der Waals surface area contributed by atoms with Crippen molar-refractivity contribution < 1.29 is 33.8 Å². The van der Waals surface area contributed by atoms with E-state index in [2.05, 4.69) is 4.99 Å². The minimum Gasteiger partial charge on any atom is -0.490 e. The van der Waals surface area contributed by atoms with Gasteiger partial charge in [0.25, 0.3) is 5.69 Å². The molecule has 2 aromatic carbocycles. The molecular weight excluding hydrogens is 492 g/mol. The van der Waals surface area contributed by atoms with Crippen molar-refractivity contribution in [3.8, 4) is 5.75 Å². The zero-order chi connectivity index (χ0) is 27.7. The second-order valence-corrected chi connectivity index (χ2v) is 8.89. The Kier molecular flexibility index (Phi) is 10.1. The number of aliphatic hydroxyl groups excluding tert-OH is 1. The van der Waals surface area contributed by atoms with E-state index in [0.717, 1.165) is 24.8 Å². The molecule has 0 saturated carbocycles. The van der Waals surface area contributed by atoms with Crippen molar-refractivity contribution in [3.05, 3.63) is 81.0 Å². The van der Waals surface area contributed by atoms with Crippen LogP contribution in [0.15, 0.2) is 64.8 Å². The molecule has 38 heavy (non-hydrogen) atoms. The molecule has 0 aromatic heterocycles. The molecule has 0 amide bonds. The van der Waals surface area contributed by atoms with Gasteiger partial charge in [0.2, 0.25) is 0 Å². The lowest BCUT2D eigenvalue weighted by Crippen LogP contribution is -2.36. The highest BCUT2D eigenvalue weighted by Gasteiger charge is 2.42. The van der Waals surface area contributed by atoms with Crippen LogP contribution < -0.4 is 4.74 Å². The molecule has 0 bridgehead atoms. The number of carbonyl (C=O) groups is 2. The minimum atomic E-state index is -0.944. The summed E-state index contributed by atoms with van der Waals surface area (Å²) in [6.45, 7) is 3.52. The summed E-state index contributed by atoms with van der Waals surface area (Å²) in [4.78, 5) is 41.2. The van der Waals surface area contributed by atoms with Gasteiger partial charge in [-0.1, -0.05) is 24.3 Å². The Morgan fingerprint density at radius 3 is 2.47 bits per heavy atom. The fraction of sp³-hybridized carbons (Fsp3) is 0.393. The van der Waals surface area contributed by atoms with E-state index in [0.29, 0.717) is 22.7 Å². The summed E-state index contributed by atoms with van der Waals surface area (Å²) in [5.74, 6) is -2.48. The minimum absolute atomic E-state index is 0.0545. The van der Waals surface area contributed by atoms with Crippen LogP contribution in [0.4, 0.5) is 5.69 Å². The summed E-state index contributed by atoms with van der Waals surface area (Å²) in [5.41, 5.74) is 2.32. The number of aliphatic hydroxyl groups is 1. The van der Waals surface area contributed by atoms with E-state index in [-0.39, 0.29) is 31.1 Å². The van der Waals surface area contributed by atoms with Gasteiger partial charge in [-0.2, -0.15) is 0 Å². The smallest absolute Gasteiger partial charge is 0.336 e. The Morgan fingerprint density at radius 2 is 1.82 bits per heavy atom. The van der Waals surface area contributed by atoms with E-state index >= 15 is 0 Å². The maximum atomic E-state index is 13.2. The summed E-state index contributed by atoms with van der Waals surface area (Å²) in [7, 11) is 1.24. The molecule has 2 aromatic rings. The predicted molar refractivity (Wildman–Crippen MR) is 140 cm³/mol. The Morgan fingerprint density at radius 1 is 1.08 bits per heavy atom. The molecule has 2 unspecified atom stereocenters. The summed E-state index contributed by atoms with van der Waals surface area (Å²) >= 11 is 0. The lowest BCUT2D eigenvalue weighted by molar-refractivity contribution is -0.384. The van der Waals surface area contributed by atoms with Crippen LogP contribution in [0.5, 0.6) is 5.75 Å². The number of rotatable bonds is 12. The standard InChI is InChI=1S/C28H32N2O8/c1-18-24(27(32)36-3)26(21-8-6-9-22(17-21)30(34)35)25(19(2)29-18)28(33)38-16-15-37-23-12-10-20(11-13-23)7-4-5-14-31/h6,8-13,17,24,26,31H,4-5,7,14-16H2,1-3H3. The molecule has 0 spiro atoms. The quantitative estimate of drug-likeness (QED) is 0.189. The van der Waals surface area contributed by atoms with Gasteiger partial charge in [-0.15, -0.1) is 0 Å². The number of aryl methyl sites for hydroxylation is 1. The number of ether oxygens (including phenoxy) is 3. The van der Waals surface area contributed by atoms with Crippen molar-refractivity contribution >= 4 is 23.3 Å². The number of esters is 2. The van der Waals surface area contributed by atoms with Crippen LogP contribution in [0, 0.1) is 16.0 Å². The lowest BCUT2D eigenvalue weighted by atomic mass is 9.75. The van der Waals surface area contributed by atoms with Crippen molar-refractivity contribution in [1.29, 1.82) is 0 Å². The Labute approximate surface area is 221 Å². The molecule has 10 heteroatoms. The van der Waals surface area contributed by atoms with Crippen molar-refractivity contribution in [2.45, 2.75) is 39.0 Å². The van der Waals surface area contributed by atoms with Crippen LogP contribution in [-0.2, 0) is 25.5 Å². The highest BCUT2D eigenvalue weighted by Crippen LogP contribution is 2.40. The molecule has 1 aliphatic heterocycles. The van der Waals surface area contributed by atoms with Gasteiger partial charge < -0.3 is 19.3 Å². The average molecular weight is 525 g/mol. The summed E-state index contributed by atoms with van der Waals surface area (Å²) in [5, 5.41) is 20.3. The number of nitro benzene ring substituents is 1. The zero-order valence-corrected chi connectivity index (χ0v) is 21.7. The Balaban J connectivity index is 1.73. The molecule has 0 aliphatic carbocycles. The topological polar surface area (TPSA) is 138 Å². The van der Waals surface area contributed by atoms with E-state index in [1.54, 1.807) is 19.9 Å². The Bertz CT molecular complexity index is 1220. The molecule has 1 aliphatic rings. The molecule has 0 fully saturated rings. The third kappa shape index (κ3) is 7.04. The molecule has 2 atom stereocenters. The number of aliphatic imine (C=N–C) groups is 1. The fourth-order valence-corrected chi connectivity index (χ4v) is 4.49. The van der Waals surface area contributed by atoms with Crippen LogP contribution in [0.25, 0.3) is 0 Å². The number of methoxy groups -OCH3 is 1. The molecule has 3 rings (SSSR count). The molecule has 1 N–H and O–H groups in total. The van der Waals surface area contributed by atoms with Gasteiger partial charge in [0.1, 0.15) is 24.9 Å². The highest BCUT2D eigenvalue weighted by atomic mass is 16.6. The normalized spacial score (nSPS) is 17.0. The van der Waals surface area contributed by atoms with Crippen LogP contribution in [-0.4, -0.2) is 54.6 Å². The van der Waals surface area contributed by atoms with Gasteiger partial charge in [-0.05, 0) is 56.4 Å². The average Bonchev–Trinajstić information content (AvgIpc) is 2.91. The van der Waals surface area contributed by atoms with E-state index in [4.69, 9.17) is 19.3 Å². The van der Waals surface area contributed by atoms with E-state index in [1.165, 1.54) is 25.3 Å². The van der Waals surface area contributed by atoms with Crippen molar-refractivity contribution in [2.75, 3.05) is 26.9 Å². The second-order valence-electron chi connectivity index (χ2n) is 8.89. The first-order valence-electron chi connectivity index (χ1n) is 12.3. The molecular formula is C28H32N2O8. The number of nitrogens with zero attached hydrogens (tertiary/aromatic N) is 2. The number of non-ortho nitro benzene ring substituents is 1. The van der Waals surface area contributed by atoms with Crippen LogP contribution in [0.1, 0.15) is 43.7 Å². The third-order valence-electron chi connectivity index (χ3n) is 6.33. The van der Waals surface area contributed by atoms with Crippen molar-refractivity contribution in [3.63, 3.8) is 0 Å². The fourth-order valence-electron chi connectivity index (χ4n) is 4.49. The zero-order valence-electron chi connectivity index (χ0n) is 21.7. The number of hydrogen-bond acceptors (Lipinski definition) is 9. The molecule has 202 valence electrons. The molecule has 0 radical (unpaired) electrons. The van der Waals surface area contributed by atoms with E-state index in [1.807, 2.05) is 24.3 Å². The highest BCUT2D eigenvalue weighted by molar-refractivity contribution is 6.07. The SMILES string of the molecule is COC(=O)C1C(C)=NC(C)=C(C(=O)OCCOc2ccc(CCCCO)cc2)C1c1cccc([N+](=O)[O-])c1. The van der Waals surface area contributed by atoms with Crippen LogP contribution >= 0.6 is 0 Å². The number of unbranched alkanes of at least 4 members (excludes halogenated alkanes) is 1. The maximum absolute atomic E-state index is 13.2. The summed E-state index contributed by atoms with van der Waals surface area (Å²) < 4.78 is 16.2. The van der Waals surface area contributed by atoms with Crippen LogP contribution in [0.3, 0.4) is 0 Å². The number of benzene rings is 2. The van der Waals surface area contributed by atoms with Crippen molar-refractivity contribution in [2.24, 2.45) is 10.9 Å². The monoisotopic (exact) mass is 524 g/mol. The van der Waals surface area contributed by atoms with Gasteiger partial charge in [0, 0.05) is 36.1 Å². The molecule has 1 heterocycles. The lowest BCUT2D eigenvalue weighted by Gasteiger charge is -2.31. The van der Waals surface area contributed by atoms with Crippen LogP contribution in [0.2, 0.25) is 0 Å². The van der Waals surface area contributed by atoms with Gasteiger partial charge in [0.05, 0.1) is 17.6 Å². The number of nitro groups is 1. The first-order valence-corrected chi connectivity index (χ1v) is 12.3.